The van der Waals surface area contributed by atoms with Crippen molar-refractivity contribution < 1.29 is 14.3 Å². The summed E-state index contributed by atoms with van der Waals surface area (Å²) in [5, 5.41) is 0. The van der Waals surface area contributed by atoms with Crippen molar-refractivity contribution in [1.29, 1.82) is 0 Å². The molecule has 0 aromatic heterocycles. The summed E-state index contributed by atoms with van der Waals surface area (Å²) in [4.78, 5) is 25.5. The van der Waals surface area contributed by atoms with Gasteiger partial charge in [0, 0.05) is 12.5 Å². The number of amides is 2. The Labute approximate surface area is 125 Å². The zero-order valence-corrected chi connectivity index (χ0v) is 12.7. The van der Waals surface area contributed by atoms with Crippen molar-refractivity contribution in [1.82, 2.24) is 4.90 Å². The highest BCUT2D eigenvalue weighted by molar-refractivity contribution is 5.86. The van der Waals surface area contributed by atoms with Crippen LogP contribution in [0.25, 0.3) is 0 Å². The maximum Gasteiger partial charge on any atom is 0.410 e. The number of nitrogens with two attached hydrogens (primary N) is 1. The Morgan fingerprint density at radius 3 is 2.38 bits per heavy atom. The molecule has 0 unspecified atom stereocenters. The quantitative estimate of drug-likeness (QED) is 0.908. The van der Waals surface area contributed by atoms with Crippen LogP contribution in [0, 0.1) is 0 Å². The minimum atomic E-state index is -0.651. The molecular formula is C16H22N2O3. The van der Waals surface area contributed by atoms with Crippen molar-refractivity contribution in [2.45, 2.75) is 44.8 Å². The van der Waals surface area contributed by atoms with Gasteiger partial charge in [-0.25, -0.2) is 4.79 Å². The number of ether oxygens (including phenoxy) is 1. The van der Waals surface area contributed by atoms with E-state index in [4.69, 9.17) is 10.5 Å². The van der Waals surface area contributed by atoms with Gasteiger partial charge < -0.3 is 10.5 Å². The van der Waals surface area contributed by atoms with Crippen molar-refractivity contribution in [3.63, 3.8) is 0 Å². The molecule has 1 heterocycles. The first-order chi connectivity index (χ1) is 9.79. The van der Waals surface area contributed by atoms with E-state index < -0.39 is 23.6 Å². The zero-order chi connectivity index (χ0) is 15.6. The number of nitrogens with zero attached hydrogens (tertiary/aromatic N) is 1. The van der Waals surface area contributed by atoms with Gasteiger partial charge in [-0.1, -0.05) is 30.3 Å². The van der Waals surface area contributed by atoms with Crippen molar-refractivity contribution >= 4 is 12.0 Å². The summed E-state index contributed by atoms with van der Waals surface area (Å²) in [6.45, 7) is 5.88. The Bertz CT molecular complexity index is 522. The zero-order valence-electron chi connectivity index (χ0n) is 12.7. The fourth-order valence-electron chi connectivity index (χ4n) is 2.72. The van der Waals surface area contributed by atoms with E-state index >= 15 is 0 Å². The molecule has 114 valence electrons. The molecular weight excluding hydrogens is 268 g/mol. The molecule has 1 fully saturated rings. The van der Waals surface area contributed by atoms with E-state index in [-0.39, 0.29) is 5.92 Å². The van der Waals surface area contributed by atoms with Gasteiger partial charge in [0.05, 0.1) is 0 Å². The van der Waals surface area contributed by atoms with Crippen LogP contribution in [0.4, 0.5) is 4.79 Å². The van der Waals surface area contributed by atoms with Crippen molar-refractivity contribution in [3.8, 4) is 0 Å². The van der Waals surface area contributed by atoms with E-state index in [9.17, 15) is 9.59 Å². The van der Waals surface area contributed by atoms with Gasteiger partial charge in [0.2, 0.25) is 5.91 Å². The molecule has 1 aromatic carbocycles. The van der Waals surface area contributed by atoms with Crippen molar-refractivity contribution in [3.05, 3.63) is 35.9 Å². The second-order valence-electron chi connectivity index (χ2n) is 6.33. The number of likely N-dealkylation sites (tertiary alicyclic amines) is 1. The molecule has 0 bridgehead atoms. The third-order valence-electron chi connectivity index (χ3n) is 3.55. The molecule has 2 atom stereocenters. The summed E-state index contributed by atoms with van der Waals surface area (Å²) in [7, 11) is 0. The molecule has 0 spiro atoms. The number of hydrogen-bond acceptors (Lipinski definition) is 3. The standard InChI is InChI=1S/C16H22N2O3/c1-16(2,3)21-15(20)18-10-9-12(13(18)14(17)19)11-7-5-4-6-8-11/h4-8,12-13H,9-10H2,1-3H3,(H2,17,19)/t12-,13+/m1/s1. The predicted octanol–water partition coefficient (Wildman–Crippen LogP) is 2.26. The second kappa shape index (κ2) is 5.76. The van der Waals surface area contributed by atoms with Gasteiger partial charge in [-0.15, -0.1) is 0 Å². The molecule has 2 rings (SSSR count). The molecule has 0 radical (unpaired) electrons. The fraction of sp³-hybridized carbons (Fsp3) is 0.500. The lowest BCUT2D eigenvalue weighted by atomic mass is 9.91. The summed E-state index contributed by atoms with van der Waals surface area (Å²) in [6.07, 6.45) is 0.223. The van der Waals surface area contributed by atoms with Gasteiger partial charge in [-0.2, -0.15) is 0 Å². The monoisotopic (exact) mass is 290 g/mol. The Balaban J connectivity index is 2.22. The first kappa shape index (κ1) is 15.4. The Morgan fingerprint density at radius 1 is 1.24 bits per heavy atom. The average molecular weight is 290 g/mol. The predicted molar refractivity (Wildman–Crippen MR) is 79.7 cm³/mol. The van der Waals surface area contributed by atoms with Crippen LogP contribution in [0.5, 0.6) is 0 Å². The molecule has 2 N–H and O–H groups in total. The third-order valence-corrected chi connectivity index (χ3v) is 3.55. The van der Waals surface area contributed by atoms with Crippen LogP contribution < -0.4 is 5.73 Å². The number of rotatable bonds is 2. The molecule has 5 heteroatoms. The highest BCUT2D eigenvalue weighted by Gasteiger charge is 2.42. The molecule has 0 saturated carbocycles. The largest absolute Gasteiger partial charge is 0.444 e. The summed E-state index contributed by atoms with van der Waals surface area (Å²) >= 11 is 0. The summed E-state index contributed by atoms with van der Waals surface area (Å²) in [5.74, 6) is -0.566. The second-order valence-corrected chi connectivity index (χ2v) is 6.33. The molecule has 1 aliphatic heterocycles. The van der Waals surface area contributed by atoms with Gasteiger partial charge >= 0.3 is 6.09 Å². The molecule has 21 heavy (non-hydrogen) atoms. The molecule has 1 aromatic rings. The summed E-state index contributed by atoms with van der Waals surface area (Å²) in [5.41, 5.74) is 5.96. The maximum absolute atomic E-state index is 12.2. The Kier molecular flexibility index (Phi) is 4.21. The first-order valence-electron chi connectivity index (χ1n) is 7.13. The average Bonchev–Trinajstić information content (AvgIpc) is 2.82. The first-order valence-corrected chi connectivity index (χ1v) is 7.13. The number of benzene rings is 1. The number of carbonyl (C=O) groups excluding carboxylic acids is 2. The summed E-state index contributed by atoms with van der Waals surface area (Å²) < 4.78 is 5.37. The number of hydrogen-bond donors (Lipinski definition) is 1. The van der Waals surface area contributed by atoms with E-state index in [1.165, 1.54) is 4.90 Å². The molecule has 1 saturated heterocycles. The van der Waals surface area contributed by atoms with E-state index in [1.54, 1.807) is 20.8 Å². The van der Waals surface area contributed by atoms with Crippen LogP contribution in [0.1, 0.15) is 38.7 Å². The van der Waals surface area contributed by atoms with Gasteiger partial charge in [-0.3, -0.25) is 9.69 Å². The fourth-order valence-corrected chi connectivity index (χ4v) is 2.72. The van der Waals surface area contributed by atoms with Crippen molar-refractivity contribution in [2.75, 3.05) is 6.54 Å². The van der Waals surface area contributed by atoms with E-state index in [0.717, 1.165) is 5.56 Å². The molecule has 5 nitrogen and oxygen atoms in total. The van der Waals surface area contributed by atoms with Crippen LogP contribution in [0.2, 0.25) is 0 Å². The topological polar surface area (TPSA) is 72.6 Å². The van der Waals surface area contributed by atoms with Crippen LogP contribution in [-0.4, -0.2) is 35.1 Å². The SMILES string of the molecule is CC(C)(C)OC(=O)N1CC[C@H](c2ccccc2)[C@H]1C(N)=O. The van der Waals surface area contributed by atoms with E-state index in [1.807, 2.05) is 30.3 Å². The smallest absolute Gasteiger partial charge is 0.410 e. The third kappa shape index (κ3) is 3.54. The van der Waals surface area contributed by atoms with Crippen molar-refractivity contribution in [2.24, 2.45) is 5.73 Å². The highest BCUT2D eigenvalue weighted by Crippen LogP contribution is 2.34. The van der Waals surface area contributed by atoms with Crippen LogP contribution >= 0.6 is 0 Å². The van der Waals surface area contributed by atoms with Gasteiger partial charge in [0.25, 0.3) is 0 Å². The van der Waals surface area contributed by atoms with Gasteiger partial charge in [0.15, 0.2) is 0 Å². The minimum absolute atomic E-state index is 0.0729. The lowest BCUT2D eigenvalue weighted by Gasteiger charge is -2.29. The maximum atomic E-state index is 12.2. The van der Waals surface area contributed by atoms with Crippen LogP contribution in [0.3, 0.4) is 0 Å². The van der Waals surface area contributed by atoms with Gasteiger partial charge in [0.1, 0.15) is 11.6 Å². The number of primary amides is 1. The summed E-state index contributed by atoms with van der Waals surface area (Å²) in [6, 6.07) is 9.02. The Morgan fingerprint density at radius 2 is 1.86 bits per heavy atom. The number of carbonyl (C=O) groups is 2. The van der Waals surface area contributed by atoms with Gasteiger partial charge in [-0.05, 0) is 32.8 Å². The molecule has 2 amide bonds. The lowest BCUT2D eigenvalue weighted by molar-refractivity contribution is -0.122. The van der Waals surface area contributed by atoms with Crippen LogP contribution in [0.15, 0.2) is 30.3 Å². The minimum Gasteiger partial charge on any atom is -0.444 e. The van der Waals surface area contributed by atoms with Crippen LogP contribution in [-0.2, 0) is 9.53 Å². The molecule has 0 aliphatic carbocycles. The molecule has 1 aliphatic rings. The lowest BCUT2D eigenvalue weighted by Crippen LogP contribution is -2.47. The normalized spacial score (nSPS) is 22.1. The van der Waals surface area contributed by atoms with E-state index in [2.05, 4.69) is 0 Å². The Hall–Kier alpha value is -2.04. The van der Waals surface area contributed by atoms with E-state index in [0.29, 0.717) is 13.0 Å². The highest BCUT2D eigenvalue weighted by atomic mass is 16.6.